The number of hydrogen-bond donors (Lipinski definition) is 1. The minimum atomic E-state index is -1.61. The number of benzene rings is 1. The van der Waals surface area contributed by atoms with Crippen LogP contribution in [-0.2, 0) is 0 Å². The van der Waals surface area contributed by atoms with Crippen molar-refractivity contribution < 1.29 is 13.2 Å². The van der Waals surface area contributed by atoms with E-state index in [1.807, 2.05) is 0 Å². The van der Waals surface area contributed by atoms with Gasteiger partial charge in [-0.25, -0.2) is 13.2 Å². The lowest BCUT2D eigenvalue weighted by atomic mass is 9.95. The van der Waals surface area contributed by atoms with Gasteiger partial charge in [0.15, 0.2) is 11.6 Å². The van der Waals surface area contributed by atoms with Crippen molar-refractivity contribution in [2.24, 2.45) is 0 Å². The van der Waals surface area contributed by atoms with Crippen molar-refractivity contribution in [3.8, 4) is 0 Å². The molecule has 1 aliphatic heterocycles. The Balaban J connectivity index is 2.29. The van der Waals surface area contributed by atoms with Crippen LogP contribution in [0.4, 0.5) is 13.2 Å². The van der Waals surface area contributed by atoms with Crippen molar-refractivity contribution in [1.29, 1.82) is 0 Å². The van der Waals surface area contributed by atoms with Crippen LogP contribution in [0, 0.1) is 11.6 Å². The van der Waals surface area contributed by atoms with Crippen molar-refractivity contribution in [1.82, 2.24) is 5.32 Å². The zero-order valence-electron chi connectivity index (χ0n) is 9.15. The highest BCUT2D eigenvalue weighted by molar-refractivity contribution is 6.31. The van der Waals surface area contributed by atoms with E-state index in [-0.39, 0.29) is 10.6 Å². The predicted octanol–water partition coefficient (Wildman–Crippen LogP) is 3.77. The molecule has 2 unspecified atom stereocenters. The van der Waals surface area contributed by atoms with Gasteiger partial charge in [0.2, 0.25) is 0 Å². The summed E-state index contributed by atoms with van der Waals surface area (Å²) in [7, 11) is 0. The van der Waals surface area contributed by atoms with E-state index in [2.05, 4.69) is 5.32 Å². The minimum absolute atomic E-state index is 0.0660. The Bertz CT molecular complexity index is 405. The van der Waals surface area contributed by atoms with Gasteiger partial charge in [0.1, 0.15) is 6.17 Å². The molecule has 0 amide bonds. The summed E-state index contributed by atoms with van der Waals surface area (Å²) in [6.45, 7) is 0.694. The largest absolute Gasteiger partial charge is 0.311 e. The fourth-order valence-electron chi connectivity index (χ4n) is 2.13. The third kappa shape index (κ3) is 2.58. The summed E-state index contributed by atoms with van der Waals surface area (Å²) in [6.07, 6.45) is 0.848. The van der Waals surface area contributed by atoms with Crippen molar-refractivity contribution in [2.45, 2.75) is 31.5 Å². The molecule has 1 aliphatic rings. The molecule has 1 nitrogen and oxygen atoms in total. The van der Waals surface area contributed by atoms with Crippen LogP contribution in [0.5, 0.6) is 0 Å². The molecule has 17 heavy (non-hydrogen) atoms. The molecule has 1 heterocycles. The van der Waals surface area contributed by atoms with Gasteiger partial charge in [-0.3, -0.25) is 0 Å². The molecule has 0 radical (unpaired) electrons. The monoisotopic (exact) mass is 263 g/mol. The van der Waals surface area contributed by atoms with Gasteiger partial charge >= 0.3 is 0 Å². The van der Waals surface area contributed by atoms with Gasteiger partial charge in [-0.1, -0.05) is 18.0 Å². The fourth-order valence-corrected chi connectivity index (χ4v) is 2.38. The second-order valence-corrected chi connectivity index (χ2v) is 4.62. The average Bonchev–Trinajstić information content (AvgIpc) is 2.35. The van der Waals surface area contributed by atoms with E-state index < -0.39 is 23.8 Å². The lowest BCUT2D eigenvalue weighted by Gasteiger charge is -2.27. The van der Waals surface area contributed by atoms with Crippen LogP contribution in [0.2, 0.25) is 5.02 Å². The van der Waals surface area contributed by atoms with Crippen molar-refractivity contribution in [3.05, 3.63) is 34.4 Å². The summed E-state index contributed by atoms with van der Waals surface area (Å²) >= 11 is 5.74. The molecular formula is C12H13ClF3N. The topological polar surface area (TPSA) is 12.0 Å². The Morgan fingerprint density at radius 1 is 1.29 bits per heavy atom. The molecule has 94 valence electrons. The van der Waals surface area contributed by atoms with E-state index in [1.54, 1.807) is 0 Å². The standard InChI is InChI=1S/C12H13ClF3N/c13-7-4-5-8(14)11(15)10(7)12(16)9-3-1-2-6-17-9/h4-5,9,12,17H,1-3,6H2. The van der Waals surface area contributed by atoms with Crippen molar-refractivity contribution in [3.63, 3.8) is 0 Å². The molecule has 0 aliphatic carbocycles. The first-order chi connectivity index (χ1) is 8.11. The average molecular weight is 264 g/mol. The van der Waals surface area contributed by atoms with Crippen LogP contribution in [0.1, 0.15) is 31.0 Å². The summed E-state index contributed by atoms with van der Waals surface area (Å²) in [4.78, 5) is 0. The maximum absolute atomic E-state index is 14.2. The zero-order valence-corrected chi connectivity index (χ0v) is 9.91. The molecule has 2 atom stereocenters. The minimum Gasteiger partial charge on any atom is -0.311 e. The van der Waals surface area contributed by atoms with Gasteiger partial charge in [-0.2, -0.15) is 0 Å². The molecule has 2 rings (SSSR count). The first-order valence-corrected chi connectivity index (χ1v) is 6.00. The molecule has 0 bridgehead atoms. The number of rotatable bonds is 2. The molecule has 0 saturated carbocycles. The summed E-state index contributed by atoms with van der Waals surface area (Å²) in [5.41, 5.74) is -0.369. The maximum Gasteiger partial charge on any atom is 0.166 e. The van der Waals surface area contributed by atoms with Gasteiger partial charge in [0.05, 0.1) is 0 Å². The molecule has 1 fully saturated rings. The summed E-state index contributed by atoms with van der Waals surface area (Å²) in [5.74, 6) is -2.25. The molecule has 0 aromatic heterocycles. The van der Waals surface area contributed by atoms with E-state index in [1.165, 1.54) is 6.07 Å². The SMILES string of the molecule is Fc1ccc(Cl)c(C(F)C2CCCCN2)c1F. The number of alkyl halides is 1. The Morgan fingerprint density at radius 2 is 2.06 bits per heavy atom. The van der Waals surface area contributed by atoms with Crippen molar-refractivity contribution >= 4 is 11.6 Å². The Labute approximate surface area is 103 Å². The van der Waals surface area contributed by atoms with Crippen LogP contribution >= 0.6 is 11.6 Å². The van der Waals surface area contributed by atoms with E-state index in [0.717, 1.165) is 18.9 Å². The molecule has 0 spiro atoms. The molecular weight excluding hydrogens is 251 g/mol. The van der Waals surface area contributed by atoms with Gasteiger partial charge in [0.25, 0.3) is 0 Å². The summed E-state index contributed by atoms with van der Waals surface area (Å²) < 4.78 is 40.8. The first kappa shape index (κ1) is 12.7. The summed E-state index contributed by atoms with van der Waals surface area (Å²) in [5, 5.41) is 2.90. The second-order valence-electron chi connectivity index (χ2n) is 4.22. The number of nitrogens with one attached hydrogen (secondary N) is 1. The first-order valence-electron chi connectivity index (χ1n) is 5.62. The van der Waals surface area contributed by atoms with E-state index in [4.69, 9.17) is 11.6 Å². The van der Waals surface area contributed by atoms with Crippen LogP contribution in [-0.4, -0.2) is 12.6 Å². The second kappa shape index (κ2) is 5.27. The van der Waals surface area contributed by atoms with E-state index in [9.17, 15) is 13.2 Å². The van der Waals surface area contributed by atoms with E-state index >= 15 is 0 Å². The highest BCUT2D eigenvalue weighted by Gasteiger charge is 2.29. The summed E-state index contributed by atoms with van der Waals surface area (Å²) in [6, 6.07) is 1.60. The number of piperidine rings is 1. The fraction of sp³-hybridized carbons (Fsp3) is 0.500. The number of halogens is 4. The third-order valence-electron chi connectivity index (χ3n) is 3.06. The zero-order chi connectivity index (χ0) is 12.4. The molecule has 1 aromatic carbocycles. The quantitative estimate of drug-likeness (QED) is 0.801. The van der Waals surface area contributed by atoms with Gasteiger partial charge < -0.3 is 5.32 Å². The molecule has 5 heteroatoms. The van der Waals surface area contributed by atoms with Crippen LogP contribution < -0.4 is 5.32 Å². The molecule has 1 saturated heterocycles. The number of hydrogen-bond acceptors (Lipinski definition) is 1. The Hall–Kier alpha value is -0.740. The lowest BCUT2D eigenvalue weighted by molar-refractivity contribution is 0.215. The molecule has 1 N–H and O–H groups in total. The van der Waals surface area contributed by atoms with E-state index in [0.29, 0.717) is 13.0 Å². The van der Waals surface area contributed by atoms with Gasteiger partial charge in [0, 0.05) is 16.6 Å². The highest BCUT2D eigenvalue weighted by Crippen LogP contribution is 2.34. The highest BCUT2D eigenvalue weighted by atomic mass is 35.5. The van der Waals surface area contributed by atoms with Crippen LogP contribution in [0.25, 0.3) is 0 Å². The van der Waals surface area contributed by atoms with Crippen LogP contribution in [0.3, 0.4) is 0 Å². The smallest absolute Gasteiger partial charge is 0.166 e. The van der Waals surface area contributed by atoms with Crippen molar-refractivity contribution in [2.75, 3.05) is 6.54 Å². The lowest BCUT2D eigenvalue weighted by Crippen LogP contribution is -2.37. The maximum atomic E-state index is 14.2. The predicted molar refractivity (Wildman–Crippen MR) is 60.9 cm³/mol. The third-order valence-corrected chi connectivity index (χ3v) is 3.39. The molecule has 1 aromatic rings. The normalized spacial score (nSPS) is 22.5. The Kier molecular flexibility index (Phi) is 3.94. The van der Waals surface area contributed by atoms with Gasteiger partial charge in [-0.15, -0.1) is 0 Å². The van der Waals surface area contributed by atoms with Crippen LogP contribution in [0.15, 0.2) is 12.1 Å². The van der Waals surface area contributed by atoms with Gasteiger partial charge in [-0.05, 0) is 31.5 Å². The Morgan fingerprint density at radius 3 is 2.71 bits per heavy atom.